The minimum Gasteiger partial charge on any atom is -0.471 e. The van der Waals surface area contributed by atoms with Gasteiger partial charge in [-0.1, -0.05) is 6.07 Å². The summed E-state index contributed by atoms with van der Waals surface area (Å²) in [5.74, 6) is -1.64. The van der Waals surface area contributed by atoms with Crippen molar-refractivity contribution in [3.05, 3.63) is 59.7 Å². The summed E-state index contributed by atoms with van der Waals surface area (Å²) in [6.45, 7) is 0. The number of nitriles is 1. The summed E-state index contributed by atoms with van der Waals surface area (Å²) in [6, 6.07) is 8.61. The second-order valence-corrected chi connectivity index (χ2v) is 4.05. The maximum atomic E-state index is 13.6. The predicted molar refractivity (Wildman–Crippen MR) is 64.8 cm³/mol. The van der Waals surface area contributed by atoms with E-state index >= 15 is 0 Å². The van der Waals surface area contributed by atoms with Gasteiger partial charge in [-0.05, 0) is 30.3 Å². The van der Waals surface area contributed by atoms with Crippen LogP contribution in [0.4, 0.5) is 17.6 Å². The van der Waals surface area contributed by atoms with Crippen LogP contribution in [0, 0.1) is 17.1 Å². The highest BCUT2D eigenvalue weighted by Crippen LogP contribution is 2.36. The lowest BCUT2D eigenvalue weighted by atomic mass is 10.2. The van der Waals surface area contributed by atoms with Gasteiger partial charge in [0.25, 0.3) is 0 Å². The second-order valence-electron chi connectivity index (χ2n) is 4.05. The summed E-state index contributed by atoms with van der Waals surface area (Å²) in [4.78, 5) is 3.59. The molecule has 0 spiro atoms. The second kappa shape index (κ2) is 5.79. The Morgan fingerprint density at radius 3 is 2.48 bits per heavy atom. The van der Waals surface area contributed by atoms with E-state index in [9.17, 15) is 17.6 Å². The van der Waals surface area contributed by atoms with Crippen molar-refractivity contribution in [2.75, 3.05) is 0 Å². The van der Waals surface area contributed by atoms with Crippen LogP contribution in [0.2, 0.25) is 0 Å². The molecule has 0 aliphatic heterocycles. The average molecular weight is 296 g/mol. The Morgan fingerprint density at radius 1 is 1.19 bits per heavy atom. The monoisotopic (exact) mass is 296 g/mol. The topological polar surface area (TPSA) is 45.9 Å². The number of benzene rings is 1. The van der Waals surface area contributed by atoms with Crippen molar-refractivity contribution in [3.8, 4) is 11.8 Å². The Hall–Kier alpha value is -2.62. The van der Waals surface area contributed by atoms with Gasteiger partial charge in [0.2, 0.25) is 6.10 Å². The number of alkyl halides is 3. The summed E-state index contributed by atoms with van der Waals surface area (Å²) in [5.41, 5.74) is -0.394. The van der Waals surface area contributed by atoms with Crippen LogP contribution < -0.4 is 4.74 Å². The normalized spacial score (nSPS) is 12.5. The standard InChI is InChI=1S/C14H8F4N2O/c15-10-7-9(8-19)4-5-12(10)21-13(14(16,17)18)11-3-1-2-6-20-11/h1-7,13H. The fourth-order valence-corrected chi connectivity index (χ4v) is 1.62. The van der Waals surface area contributed by atoms with Crippen molar-refractivity contribution < 1.29 is 22.3 Å². The molecule has 0 aliphatic rings. The van der Waals surface area contributed by atoms with Gasteiger partial charge < -0.3 is 4.74 Å². The van der Waals surface area contributed by atoms with E-state index in [2.05, 4.69) is 4.98 Å². The highest BCUT2D eigenvalue weighted by atomic mass is 19.4. The van der Waals surface area contributed by atoms with Gasteiger partial charge in [0.1, 0.15) is 0 Å². The third-order valence-electron chi connectivity index (χ3n) is 2.56. The van der Waals surface area contributed by atoms with E-state index in [0.29, 0.717) is 0 Å². The molecule has 21 heavy (non-hydrogen) atoms. The highest BCUT2D eigenvalue weighted by Gasteiger charge is 2.44. The van der Waals surface area contributed by atoms with Crippen molar-refractivity contribution in [1.29, 1.82) is 5.26 Å². The molecule has 1 aromatic carbocycles. The zero-order valence-electron chi connectivity index (χ0n) is 10.4. The SMILES string of the molecule is N#Cc1ccc(OC(c2ccccn2)C(F)(F)F)c(F)c1. The molecule has 0 N–H and O–H groups in total. The molecule has 7 heteroatoms. The summed E-state index contributed by atoms with van der Waals surface area (Å²) in [6.07, 6.45) is -5.96. The molecule has 1 aromatic heterocycles. The molecular weight excluding hydrogens is 288 g/mol. The number of ether oxygens (including phenoxy) is 1. The average Bonchev–Trinajstić information content (AvgIpc) is 2.45. The molecule has 1 atom stereocenters. The fraction of sp³-hybridized carbons (Fsp3) is 0.143. The molecule has 0 amide bonds. The van der Waals surface area contributed by atoms with Gasteiger partial charge in [0, 0.05) is 6.20 Å². The van der Waals surface area contributed by atoms with Crippen molar-refractivity contribution >= 4 is 0 Å². The largest absolute Gasteiger partial charge is 0.471 e. The molecule has 2 rings (SSSR count). The van der Waals surface area contributed by atoms with E-state index in [1.807, 2.05) is 0 Å². The lowest BCUT2D eigenvalue weighted by molar-refractivity contribution is -0.199. The summed E-state index contributed by atoms with van der Waals surface area (Å²) < 4.78 is 57.4. The Bertz CT molecular complexity index is 665. The van der Waals surface area contributed by atoms with Crippen LogP contribution in [0.25, 0.3) is 0 Å². The number of rotatable bonds is 3. The minimum absolute atomic E-state index is 0.0127. The van der Waals surface area contributed by atoms with Crippen molar-refractivity contribution in [1.82, 2.24) is 4.98 Å². The van der Waals surface area contributed by atoms with E-state index in [4.69, 9.17) is 10.00 Å². The van der Waals surface area contributed by atoms with Gasteiger partial charge in [-0.2, -0.15) is 18.4 Å². The van der Waals surface area contributed by atoms with Crippen LogP contribution >= 0.6 is 0 Å². The molecule has 3 nitrogen and oxygen atoms in total. The van der Waals surface area contributed by atoms with Gasteiger partial charge in [0.15, 0.2) is 11.6 Å². The predicted octanol–water partition coefficient (Wildman–Crippen LogP) is 3.77. The first-order valence-corrected chi connectivity index (χ1v) is 5.76. The zero-order chi connectivity index (χ0) is 15.5. The van der Waals surface area contributed by atoms with Crippen LogP contribution in [-0.2, 0) is 0 Å². The van der Waals surface area contributed by atoms with Crippen molar-refractivity contribution in [2.45, 2.75) is 12.3 Å². The van der Waals surface area contributed by atoms with Crippen molar-refractivity contribution in [3.63, 3.8) is 0 Å². The first kappa shape index (κ1) is 14.8. The Labute approximate surface area is 117 Å². The number of hydrogen-bond acceptors (Lipinski definition) is 3. The molecule has 108 valence electrons. The van der Waals surface area contributed by atoms with E-state index in [0.717, 1.165) is 18.2 Å². The Kier molecular flexibility index (Phi) is 4.08. The van der Waals surface area contributed by atoms with Crippen LogP contribution in [-0.4, -0.2) is 11.2 Å². The lowest BCUT2D eigenvalue weighted by Gasteiger charge is -2.21. The van der Waals surface area contributed by atoms with Crippen LogP contribution in [0.3, 0.4) is 0 Å². The highest BCUT2D eigenvalue weighted by molar-refractivity contribution is 5.36. The number of aromatic nitrogens is 1. The van der Waals surface area contributed by atoms with Gasteiger partial charge in [-0.25, -0.2) is 4.39 Å². The third kappa shape index (κ3) is 3.48. The number of hydrogen-bond donors (Lipinski definition) is 0. The number of nitrogens with zero attached hydrogens (tertiary/aromatic N) is 2. The van der Waals surface area contributed by atoms with E-state index in [1.54, 1.807) is 6.07 Å². The molecule has 0 radical (unpaired) electrons. The molecular formula is C14H8F4N2O. The molecule has 0 saturated carbocycles. The molecule has 0 aliphatic carbocycles. The number of halogens is 4. The summed E-state index contributed by atoms with van der Waals surface area (Å²) in [5, 5.41) is 8.59. The molecule has 0 fully saturated rings. The zero-order valence-corrected chi connectivity index (χ0v) is 10.4. The Morgan fingerprint density at radius 2 is 1.95 bits per heavy atom. The third-order valence-corrected chi connectivity index (χ3v) is 2.56. The number of pyridine rings is 1. The van der Waals surface area contributed by atoms with Crippen LogP contribution in [0.1, 0.15) is 17.4 Å². The molecule has 1 unspecified atom stereocenters. The first-order chi connectivity index (χ1) is 9.91. The maximum absolute atomic E-state index is 13.6. The maximum Gasteiger partial charge on any atom is 0.431 e. The summed E-state index contributed by atoms with van der Waals surface area (Å²) >= 11 is 0. The van der Waals surface area contributed by atoms with E-state index in [1.165, 1.54) is 24.4 Å². The first-order valence-electron chi connectivity index (χ1n) is 5.76. The van der Waals surface area contributed by atoms with E-state index < -0.39 is 23.8 Å². The summed E-state index contributed by atoms with van der Waals surface area (Å²) in [7, 11) is 0. The molecule has 0 bridgehead atoms. The van der Waals surface area contributed by atoms with Gasteiger partial charge >= 0.3 is 6.18 Å². The molecule has 2 aromatic rings. The van der Waals surface area contributed by atoms with E-state index in [-0.39, 0.29) is 11.3 Å². The molecule has 1 heterocycles. The van der Waals surface area contributed by atoms with Crippen molar-refractivity contribution in [2.24, 2.45) is 0 Å². The van der Waals surface area contributed by atoms with Crippen LogP contribution in [0.5, 0.6) is 5.75 Å². The quantitative estimate of drug-likeness (QED) is 0.810. The van der Waals surface area contributed by atoms with Gasteiger partial charge in [0.05, 0.1) is 17.3 Å². The van der Waals surface area contributed by atoms with Crippen LogP contribution in [0.15, 0.2) is 42.6 Å². The minimum atomic E-state index is -4.76. The van der Waals surface area contributed by atoms with Gasteiger partial charge in [-0.15, -0.1) is 0 Å². The molecule has 0 saturated heterocycles. The lowest BCUT2D eigenvalue weighted by Crippen LogP contribution is -2.27. The fourth-order valence-electron chi connectivity index (χ4n) is 1.62. The Balaban J connectivity index is 2.35. The van der Waals surface area contributed by atoms with Gasteiger partial charge in [-0.3, -0.25) is 4.98 Å². The smallest absolute Gasteiger partial charge is 0.431 e.